The zero-order chi connectivity index (χ0) is 11.3. The summed E-state index contributed by atoms with van der Waals surface area (Å²) < 4.78 is 5.19. The zero-order valence-electron chi connectivity index (χ0n) is 8.86. The number of carboxylic acid groups (broad SMARTS) is 1. The van der Waals surface area contributed by atoms with Gasteiger partial charge in [0.25, 0.3) is 0 Å². The molecule has 15 heavy (non-hydrogen) atoms. The van der Waals surface area contributed by atoms with Crippen LogP contribution in [0.1, 0.15) is 32.6 Å². The summed E-state index contributed by atoms with van der Waals surface area (Å²) >= 11 is 0. The molecule has 0 aromatic rings. The molecule has 0 saturated heterocycles. The second kappa shape index (κ2) is 5.70. The van der Waals surface area contributed by atoms with Crippen LogP contribution < -0.4 is 5.32 Å². The highest BCUT2D eigenvalue weighted by molar-refractivity contribution is 5.73. The Labute approximate surface area is 88.8 Å². The highest BCUT2D eigenvalue weighted by atomic mass is 16.5. The fourth-order valence-electron chi connectivity index (χ4n) is 1.85. The predicted molar refractivity (Wildman–Crippen MR) is 53.4 cm³/mol. The average molecular weight is 215 g/mol. The minimum absolute atomic E-state index is 0.00935. The van der Waals surface area contributed by atoms with Crippen molar-refractivity contribution in [2.45, 2.75) is 44.8 Å². The molecule has 86 valence electrons. The number of ether oxygens (including phenoxy) is 1. The third kappa shape index (κ3) is 4.78. The standard InChI is InChI=1S/C10H17NO4/c1-7(12)11-8-2-4-9(5-3-8)15-6-10(13)14/h8-9H,2-6H2,1H3,(H,11,12)(H,13,14). The van der Waals surface area contributed by atoms with Crippen LogP contribution in [0.25, 0.3) is 0 Å². The largest absolute Gasteiger partial charge is 0.480 e. The van der Waals surface area contributed by atoms with Crippen molar-refractivity contribution in [3.63, 3.8) is 0 Å². The van der Waals surface area contributed by atoms with Crippen molar-refractivity contribution in [2.75, 3.05) is 6.61 Å². The third-order valence-corrected chi connectivity index (χ3v) is 2.52. The van der Waals surface area contributed by atoms with Gasteiger partial charge in [-0.1, -0.05) is 0 Å². The van der Waals surface area contributed by atoms with Crippen molar-refractivity contribution in [3.05, 3.63) is 0 Å². The van der Waals surface area contributed by atoms with Crippen LogP contribution in [0.2, 0.25) is 0 Å². The minimum atomic E-state index is -0.931. The van der Waals surface area contributed by atoms with E-state index in [-0.39, 0.29) is 24.7 Å². The predicted octanol–water partition coefficient (Wildman–Crippen LogP) is 0.535. The zero-order valence-corrected chi connectivity index (χ0v) is 8.86. The molecule has 0 spiro atoms. The second-order valence-corrected chi connectivity index (χ2v) is 3.88. The van der Waals surface area contributed by atoms with Gasteiger partial charge in [-0.05, 0) is 25.7 Å². The molecule has 0 aliphatic heterocycles. The fraction of sp³-hybridized carbons (Fsp3) is 0.800. The molecule has 0 aromatic carbocycles. The summed E-state index contributed by atoms with van der Waals surface area (Å²) in [4.78, 5) is 21.1. The van der Waals surface area contributed by atoms with Crippen LogP contribution in [0.4, 0.5) is 0 Å². The Balaban J connectivity index is 2.18. The average Bonchev–Trinajstić information content (AvgIpc) is 2.16. The van der Waals surface area contributed by atoms with Crippen molar-refractivity contribution in [3.8, 4) is 0 Å². The Hall–Kier alpha value is -1.10. The van der Waals surface area contributed by atoms with Crippen LogP contribution in [0.5, 0.6) is 0 Å². The first-order valence-corrected chi connectivity index (χ1v) is 5.18. The molecule has 1 fully saturated rings. The summed E-state index contributed by atoms with van der Waals surface area (Å²) in [6.07, 6.45) is 3.40. The molecule has 0 heterocycles. The number of hydrogen-bond donors (Lipinski definition) is 2. The first kappa shape index (κ1) is 12.0. The maximum atomic E-state index is 10.8. The van der Waals surface area contributed by atoms with E-state index in [1.807, 2.05) is 0 Å². The number of carboxylic acids is 1. The van der Waals surface area contributed by atoms with Crippen LogP contribution in [0, 0.1) is 0 Å². The highest BCUT2D eigenvalue weighted by Gasteiger charge is 2.22. The Morgan fingerprint density at radius 2 is 1.93 bits per heavy atom. The molecule has 0 unspecified atom stereocenters. The molecule has 0 radical (unpaired) electrons. The molecular weight excluding hydrogens is 198 g/mol. The van der Waals surface area contributed by atoms with Gasteiger partial charge >= 0.3 is 5.97 Å². The van der Waals surface area contributed by atoms with Crippen LogP contribution in [0.15, 0.2) is 0 Å². The topological polar surface area (TPSA) is 75.6 Å². The molecule has 1 saturated carbocycles. The van der Waals surface area contributed by atoms with E-state index in [9.17, 15) is 9.59 Å². The minimum Gasteiger partial charge on any atom is -0.480 e. The summed E-state index contributed by atoms with van der Waals surface area (Å²) in [6, 6.07) is 0.229. The Kier molecular flexibility index (Phi) is 4.55. The van der Waals surface area contributed by atoms with E-state index >= 15 is 0 Å². The lowest BCUT2D eigenvalue weighted by atomic mass is 9.93. The molecule has 5 nitrogen and oxygen atoms in total. The fourth-order valence-corrected chi connectivity index (χ4v) is 1.85. The van der Waals surface area contributed by atoms with Crippen LogP contribution in [0.3, 0.4) is 0 Å². The first-order valence-electron chi connectivity index (χ1n) is 5.18. The molecule has 5 heteroatoms. The molecule has 1 amide bonds. The van der Waals surface area contributed by atoms with E-state index in [1.165, 1.54) is 6.92 Å². The van der Waals surface area contributed by atoms with Gasteiger partial charge < -0.3 is 15.2 Å². The molecule has 1 rings (SSSR count). The van der Waals surface area contributed by atoms with Gasteiger partial charge in [-0.25, -0.2) is 4.79 Å². The van der Waals surface area contributed by atoms with Gasteiger partial charge in [0.05, 0.1) is 6.10 Å². The number of rotatable bonds is 4. The summed E-state index contributed by atoms with van der Waals surface area (Å²) in [5.41, 5.74) is 0. The van der Waals surface area contributed by atoms with Gasteiger partial charge in [-0.15, -0.1) is 0 Å². The molecule has 1 aliphatic carbocycles. The summed E-state index contributed by atoms with van der Waals surface area (Å²) in [5, 5.41) is 11.3. The van der Waals surface area contributed by atoms with Gasteiger partial charge in [-0.3, -0.25) is 4.79 Å². The lowest BCUT2D eigenvalue weighted by molar-refractivity contribution is -0.145. The number of aliphatic carboxylic acids is 1. The SMILES string of the molecule is CC(=O)NC1CCC(OCC(=O)O)CC1. The van der Waals surface area contributed by atoms with Gasteiger partial charge in [0.15, 0.2) is 0 Å². The molecular formula is C10H17NO4. The monoisotopic (exact) mass is 215 g/mol. The van der Waals surface area contributed by atoms with Crippen LogP contribution >= 0.6 is 0 Å². The third-order valence-electron chi connectivity index (χ3n) is 2.52. The number of carbonyl (C=O) groups is 2. The first-order chi connectivity index (χ1) is 7.08. The maximum Gasteiger partial charge on any atom is 0.329 e. The van der Waals surface area contributed by atoms with Gasteiger partial charge in [0, 0.05) is 13.0 Å². The van der Waals surface area contributed by atoms with Crippen LogP contribution in [-0.2, 0) is 14.3 Å². The van der Waals surface area contributed by atoms with E-state index < -0.39 is 5.97 Å². The number of hydrogen-bond acceptors (Lipinski definition) is 3. The smallest absolute Gasteiger partial charge is 0.329 e. The molecule has 1 aliphatic rings. The summed E-state index contributed by atoms with van der Waals surface area (Å²) in [5.74, 6) is -0.941. The number of amides is 1. The Bertz CT molecular complexity index is 234. The molecule has 0 bridgehead atoms. The molecule has 0 aromatic heterocycles. The van der Waals surface area contributed by atoms with E-state index in [1.54, 1.807) is 0 Å². The lowest BCUT2D eigenvalue weighted by Gasteiger charge is -2.28. The summed E-state index contributed by atoms with van der Waals surface area (Å²) in [6.45, 7) is 1.28. The Morgan fingerprint density at radius 3 is 2.40 bits per heavy atom. The van der Waals surface area contributed by atoms with Crippen molar-refractivity contribution >= 4 is 11.9 Å². The van der Waals surface area contributed by atoms with Gasteiger partial charge in [-0.2, -0.15) is 0 Å². The molecule has 2 N–H and O–H groups in total. The van der Waals surface area contributed by atoms with Gasteiger partial charge in [0.1, 0.15) is 6.61 Å². The van der Waals surface area contributed by atoms with E-state index in [0.717, 1.165) is 25.7 Å². The maximum absolute atomic E-state index is 10.8. The van der Waals surface area contributed by atoms with Crippen molar-refractivity contribution < 1.29 is 19.4 Å². The van der Waals surface area contributed by atoms with Crippen molar-refractivity contribution in [1.29, 1.82) is 0 Å². The Morgan fingerprint density at radius 1 is 1.33 bits per heavy atom. The van der Waals surface area contributed by atoms with Crippen molar-refractivity contribution in [2.24, 2.45) is 0 Å². The molecule has 0 atom stereocenters. The lowest BCUT2D eigenvalue weighted by Crippen LogP contribution is -2.38. The van der Waals surface area contributed by atoms with E-state index in [0.29, 0.717) is 0 Å². The second-order valence-electron chi connectivity index (χ2n) is 3.88. The highest BCUT2D eigenvalue weighted by Crippen LogP contribution is 2.20. The van der Waals surface area contributed by atoms with Gasteiger partial charge in [0.2, 0.25) is 5.91 Å². The van der Waals surface area contributed by atoms with Crippen molar-refractivity contribution in [1.82, 2.24) is 5.32 Å². The number of nitrogens with one attached hydrogen (secondary N) is 1. The van der Waals surface area contributed by atoms with Crippen LogP contribution in [-0.4, -0.2) is 35.7 Å². The van der Waals surface area contributed by atoms with E-state index in [2.05, 4.69) is 5.32 Å². The normalized spacial score (nSPS) is 25.9. The summed E-state index contributed by atoms with van der Waals surface area (Å²) in [7, 11) is 0. The number of carbonyl (C=O) groups excluding carboxylic acids is 1. The van der Waals surface area contributed by atoms with E-state index in [4.69, 9.17) is 9.84 Å². The quantitative estimate of drug-likeness (QED) is 0.717.